The smallest absolute Gasteiger partial charge is 0.413 e. The number of methoxy groups -OCH3 is 1. The maximum atomic E-state index is 12.1. The molecule has 0 unspecified atom stereocenters. The second-order valence-corrected chi connectivity index (χ2v) is 4.67. The largest absolute Gasteiger partial charge is 0.493 e. The molecule has 0 aliphatic carbocycles. The molecular formula is C16H17N3O6. The molecule has 0 radical (unpaired) electrons. The molecule has 0 aliphatic rings. The minimum absolute atomic E-state index is 0.0877. The highest BCUT2D eigenvalue weighted by molar-refractivity contribution is 5.95. The van der Waals surface area contributed by atoms with Gasteiger partial charge in [0.05, 0.1) is 25.6 Å². The van der Waals surface area contributed by atoms with Gasteiger partial charge in [0, 0.05) is 0 Å². The maximum absolute atomic E-state index is 12.1. The number of ether oxygens (including phenoxy) is 3. The molecule has 1 aromatic heterocycles. The van der Waals surface area contributed by atoms with Crippen molar-refractivity contribution < 1.29 is 28.6 Å². The lowest BCUT2D eigenvalue weighted by molar-refractivity contribution is -0.123. The predicted molar refractivity (Wildman–Crippen MR) is 85.6 cm³/mol. The van der Waals surface area contributed by atoms with Crippen molar-refractivity contribution in [3.63, 3.8) is 0 Å². The zero-order valence-corrected chi connectivity index (χ0v) is 13.7. The normalized spacial score (nSPS) is 10.0. The van der Waals surface area contributed by atoms with E-state index in [-0.39, 0.29) is 18.1 Å². The molecular weight excluding hydrogens is 330 g/mol. The Balaban J connectivity index is 2.03. The number of hydrogen-bond donors (Lipinski definition) is 1. The zero-order valence-electron chi connectivity index (χ0n) is 13.7. The van der Waals surface area contributed by atoms with E-state index in [0.717, 1.165) is 5.69 Å². The molecule has 2 rings (SSSR count). The first-order chi connectivity index (χ1) is 12.0. The van der Waals surface area contributed by atoms with Gasteiger partial charge in [-0.1, -0.05) is 18.2 Å². The fourth-order valence-electron chi connectivity index (χ4n) is 1.88. The number of para-hydroxylation sites is 1. The lowest BCUT2D eigenvalue weighted by atomic mass is 10.3. The Hall–Kier alpha value is -3.36. The van der Waals surface area contributed by atoms with Crippen LogP contribution in [0.5, 0.6) is 5.75 Å². The van der Waals surface area contributed by atoms with Crippen molar-refractivity contribution in [3.05, 3.63) is 42.2 Å². The molecule has 0 spiro atoms. The highest BCUT2D eigenvalue weighted by Crippen LogP contribution is 2.20. The molecule has 0 aliphatic heterocycles. The van der Waals surface area contributed by atoms with Crippen LogP contribution in [0.4, 0.5) is 4.79 Å². The molecule has 9 nitrogen and oxygen atoms in total. The third-order valence-corrected chi connectivity index (χ3v) is 2.97. The second kappa shape index (κ2) is 8.48. The highest BCUT2D eigenvalue weighted by Gasteiger charge is 2.21. The van der Waals surface area contributed by atoms with Gasteiger partial charge in [0.15, 0.2) is 12.4 Å². The summed E-state index contributed by atoms with van der Waals surface area (Å²) in [6, 6.07) is 9.09. The second-order valence-electron chi connectivity index (χ2n) is 4.67. The molecule has 0 fully saturated rings. The van der Waals surface area contributed by atoms with E-state index in [2.05, 4.69) is 9.84 Å². The van der Waals surface area contributed by atoms with Crippen LogP contribution in [-0.2, 0) is 14.3 Å². The van der Waals surface area contributed by atoms with Gasteiger partial charge in [-0.05, 0) is 19.1 Å². The number of rotatable bonds is 6. The fraction of sp³-hybridized carbons (Fsp3) is 0.250. The number of aromatic nitrogens is 2. The Morgan fingerprint density at radius 3 is 2.52 bits per heavy atom. The van der Waals surface area contributed by atoms with E-state index < -0.39 is 24.6 Å². The van der Waals surface area contributed by atoms with Gasteiger partial charge >= 0.3 is 12.1 Å². The molecule has 0 saturated heterocycles. The number of benzene rings is 1. The van der Waals surface area contributed by atoms with E-state index >= 15 is 0 Å². The summed E-state index contributed by atoms with van der Waals surface area (Å²) >= 11 is 0. The van der Waals surface area contributed by atoms with Crippen molar-refractivity contribution >= 4 is 18.0 Å². The third kappa shape index (κ3) is 4.80. The Bertz CT molecular complexity index is 756. The van der Waals surface area contributed by atoms with Crippen LogP contribution in [-0.4, -0.2) is 48.1 Å². The Morgan fingerprint density at radius 2 is 1.88 bits per heavy atom. The van der Waals surface area contributed by atoms with Crippen LogP contribution in [0.25, 0.3) is 5.69 Å². The topological polar surface area (TPSA) is 109 Å². The number of hydrogen-bond acceptors (Lipinski definition) is 7. The average molecular weight is 347 g/mol. The molecule has 0 bridgehead atoms. The molecule has 1 aromatic carbocycles. The van der Waals surface area contributed by atoms with Crippen LogP contribution in [0, 0.1) is 0 Å². The van der Waals surface area contributed by atoms with Gasteiger partial charge in [-0.2, -0.15) is 5.10 Å². The number of nitrogens with one attached hydrogen (secondary N) is 1. The van der Waals surface area contributed by atoms with Crippen molar-refractivity contribution in [2.45, 2.75) is 6.92 Å². The van der Waals surface area contributed by atoms with Crippen LogP contribution in [0.3, 0.4) is 0 Å². The molecule has 25 heavy (non-hydrogen) atoms. The molecule has 0 saturated carbocycles. The minimum atomic E-state index is -0.908. The van der Waals surface area contributed by atoms with Crippen molar-refractivity contribution in [2.24, 2.45) is 0 Å². The maximum Gasteiger partial charge on any atom is 0.413 e. The summed E-state index contributed by atoms with van der Waals surface area (Å²) in [6.45, 7) is 1.06. The van der Waals surface area contributed by atoms with Gasteiger partial charge in [-0.25, -0.2) is 14.3 Å². The van der Waals surface area contributed by atoms with Gasteiger partial charge in [0.25, 0.3) is 5.91 Å². The number of esters is 1. The monoisotopic (exact) mass is 347 g/mol. The van der Waals surface area contributed by atoms with Gasteiger partial charge < -0.3 is 14.2 Å². The molecule has 9 heteroatoms. The molecule has 0 atom stereocenters. The number of carbonyl (C=O) groups is 3. The van der Waals surface area contributed by atoms with Gasteiger partial charge in [0.2, 0.25) is 5.69 Å². The number of nitrogens with zero attached hydrogens (tertiary/aromatic N) is 2. The van der Waals surface area contributed by atoms with Crippen molar-refractivity contribution in [3.8, 4) is 11.4 Å². The van der Waals surface area contributed by atoms with Crippen LogP contribution in [0.1, 0.15) is 17.4 Å². The summed E-state index contributed by atoms with van der Waals surface area (Å²) in [5.41, 5.74) is 0.634. The van der Waals surface area contributed by atoms with Crippen LogP contribution >= 0.6 is 0 Å². The summed E-state index contributed by atoms with van der Waals surface area (Å²) in [4.78, 5) is 34.7. The molecule has 2 amide bonds. The lowest BCUT2D eigenvalue weighted by Crippen LogP contribution is -2.34. The first-order valence-corrected chi connectivity index (χ1v) is 7.38. The van der Waals surface area contributed by atoms with Gasteiger partial charge in [0.1, 0.15) is 0 Å². The average Bonchev–Trinajstić information content (AvgIpc) is 3.05. The summed E-state index contributed by atoms with van der Waals surface area (Å²) in [5.74, 6) is -1.47. The van der Waals surface area contributed by atoms with E-state index in [1.165, 1.54) is 18.0 Å². The summed E-state index contributed by atoms with van der Waals surface area (Å²) in [6.07, 6.45) is 0.611. The molecule has 1 heterocycles. The molecule has 1 N–H and O–H groups in total. The van der Waals surface area contributed by atoms with E-state index in [0.29, 0.717) is 0 Å². The molecule has 132 valence electrons. The van der Waals surface area contributed by atoms with E-state index in [1.54, 1.807) is 19.1 Å². The first kappa shape index (κ1) is 18.0. The Kier molecular flexibility index (Phi) is 6.10. The van der Waals surface area contributed by atoms with E-state index in [1.807, 2.05) is 23.5 Å². The highest BCUT2D eigenvalue weighted by atomic mass is 16.6. The van der Waals surface area contributed by atoms with E-state index in [9.17, 15) is 14.4 Å². The minimum Gasteiger partial charge on any atom is -0.493 e. The van der Waals surface area contributed by atoms with Crippen LogP contribution in [0.15, 0.2) is 36.5 Å². The zero-order chi connectivity index (χ0) is 18.2. The van der Waals surface area contributed by atoms with E-state index in [4.69, 9.17) is 9.47 Å². The Labute approximate surface area is 143 Å². The number of amides is 2. The van der Waals surface area contributed by atoms with Crippen LogP contribution in [0.2, 0.25) is 0 Å². The first-order valence-electron chi connectivity index (χ1n) is 7.38. The number of alkyl carbamates (subject to hydrolysis) is 1. The number of carbonyl (C=O) groups excluding carboxylic acids is 3. The third-order valence-electron chi connectivity index (χ3n) is 2.97. The van der Waals surface area contributed by atoms with Crippen molar-refractivity contribution in [1.29, 1.82) is 0 Å². The van der Waals surface area contributed by atoms with Crippen molar-refractivity contribution in [2.75, 3.05) is 20.3 Å². The summed E-state index contributed by atoms with van der Waals surface area (Å²) < 4.78 is 16.0. The van der Waals surface area contributed by atoms with Crippen LogP contribution < -0.4 is 10.1 Å². The summed E-state index contributed by atoms with van der Waals surface area (Å²) in [5, 5.41) is 6.03. The molecule has 2 aromatic rings. The Morgan fingerprint density at radius 1 is 1.16 bits per heavy atom. The standard InChI is InChI=1S/C16H17N3O6/c1-3-24-16(22)17-13(20)10-25-15(21)14-12(23-2)9-19(18-14)11-7-5-4-6-8-11/h4-9H,3,10H2,1-2H3,(H,17,20,22). The quantitative estimate of drug-likeness (QED) is 0.785. The lowest BCUT2D eigenvalue weighted by Gasteiger charge is -2.05. The fourth-order valence-corrected chi connectivity index (χ4v) is 1.88. The predicted octanol–water partition coefficient (Wildman–Crippen LogP) is 1.31. The van der Waals surface area contributed by atoms with Gasteiger partial charge in [-0.3, -0.25) is 10.1 Å². The summed E-state index contributed by atoms with van der Waals surface area (Å²) in [7, 11) is 1.39. The van der Waals surface area contributed by atoms with Gasteiger partial charge in [-0.15, -0.1) is 0 Å². The number of imide groups is 1. The SMILES string of the molecule is CCOC(=O)NC(=O)COC(=O)c1nn(-c2ccccc2)cc1OC. The van der Waals surface area contributed by atoms with Crippen molar-refractivity contribution in [1.82, 2.24) is 15.1 Å².